The maximum absolute atomic E-state index is 13.6. The second-order valence-corrected chi connectivity index (χ2v) is 4.75. The Bertz CT molecular complexity index is 646. The SMILES string of the molecule is Fc1cccc(NCc2cccc3c2OCCCO3)c1F. The molecule has 0 atom stereocenters. The van der Waals surface area contributed by atoms with Crippen LogP contribution in [0.4, 0.5) is 14.5 Å². The number of hydrogen-bond donors (Lipinski definition) is 1. The minimum Gasteiger partial charge on any atom is -0.490 e. The topological polar surface area (TPSA) is 30.5 Å². The van der Waals surface area contributed by atoms with Crippen LogP contribution in [0.2, 0.25) is 0 Å². The molecule has 1 aliphatic heterocycles. The van der Waals surface area contributed by atoms with Crippen molar-refractivity contribution in [3.8, 4) is 11.5 Å². The van der Waals surface area contributed by atoms with Crippen LogP contribution in [-0.4, -0.2) is 13.2 Å². The summed E-state index contributed by atoms with van der Waals surface area (Å²) >= 11 is 0. The van der Waals surface area contributed by atoms with Gasteiger partial charge in [0.15, 0.2) is 23.1 Å². The average molecular weight is 291 g/mol. The van der Waals surface area contributed by atoms with Crippen LogP contribution in [0.25, 0.3) is 0 Å². The molecular formula is C16H15F2NO2. The summed E-state index contributed by atoms with van der Waals surface area (Å²) in [4.78, 5) is 0. The summed E-state index contributed by atoms with van der Waals surface area (Å²) in [5, 5.41) is 2.89. The Kier molecular flexibility index (Phi) is 3.90. The number of benzene rings is 2. The molecule has 2 aromatic rings. The highest BCUT2D eigenvalue weighted by Crippen LogP contribution is 2.33. The third-order valence-electron chi connectivity index (χ3n) is 3.27. The molecule has 21 heavy (non-hydrogen) atoms. The Hall–Kier alpha value is -2.30. The molecule has 0 amide bonds. The quantitative estimate of drug-likeness (QED) is 0.934. The van der Waals surface area contributed by atoms with Gasteiger partial charge in [-0.2, -0.15) is 0 Å². The van der Waals surface area contributed by atoms with Crippen LogP contribution >= 0.6 is 0 Å². The predicted molar refractivity (Wildman–Crippen MR) is 75.7 cm³/mol. The highest BCUT2D eigenvalue weighted by Gasteiger charge is 2.15. The van der Waals surface area contributed by atoms with E-state index in [-0.39, 0.29) is 5.69 Å². The summed E-state index contributed by atoms with van der Waals surface area (Å²) in [6.45, 7) is 1.52. The van der Waals surface area contributed by atoms with Gasteiger partial charge in [-0.25, -0.2) is 8.78 Å². The van der Waals surface area contributed by atoms with Gasteiger partial charge in [-0.3, -0.25) is 0 Å². The molecule has 0 aromatic heterocycles. The summed E-state index contributed by atoms with van der Waals surface area (Å²) in [7, 11) is 0. The summed E-state index contributed by atoms with van der Waals surface area (Å²) in [5.41, 5.74) is 0.972. The van der Waals surface area contributed by atoms with Gasteiger partial charge in [-0.1, -0.05) is 18.2 Å². The maximum atomic E-state index is 13.6. The molecule has 0 bridgehead atoms. The molecule has 0 unspecified atom stereocenters. The molecule has 1 heterocycles. The van der Waals surface area contributed by atoms with Gasteiger partial charge in [-0.05, 0) is 18.2 Å². The zero-order chi connectivity index (χ0) is 14.7. The fourth-order valence-electron chi connectivity index (χ4n) is 2.22. The first-order chi connectivity index (χ1) is 10.3. The van der Waals surface area contributed by atoms with Crippen LogP contribution < -0.4 is 14.8 Å². The van der Waals surface area contributed by atoms with E-state index in [0.717, 1.165) is 18.1 Å². The van der Waals surface area contributed by atoms with Crippen molar-refractivity contribution >= 4 is 5.69 Å². The first kappa shape index (κ1) is 13.7. The second kappa shape index (κ2) is 5.99. The number of para-hydroxylation sites is 1. The Morgan fingerprint density at radius 3 is 2.71 bits per heavy atom. The highest BCUT2D eigenvalue weighted by atomic mass is 19.2. The molecule has 1 aliphatic rings. The van der Waals surface area contributed by atoms with Crippen molar-refractivity contribution in [3.63, 3.8) is 0 Å². The van der Waals surface area contributed by atoms with E-state index in [2.05, 4.69) is 5.32 Å². The molecule has 110 valence electrons. The molecule has 0 fully saturated rings. The fraction of sp³-hybridized carbons (Fsp3) is 0.250. The van der Waals surface area contributed by atoms with E-state index in [1.165, 1.54) is 12.1 Å². The smallest absolute Gasteiger partial charge is 0.181 e. The van der Waals surface area contributed by atoms with Crippen LogP contribution in [0, 0.1) is 11.6 Å². The molecule has 0 aliphatic carbocycles. The van der Waals surface area contributed by atoms with Crippen molar-refractivity contribution in [1.29, 1.82) is 0 Å². The van der Waals surface area contributed by atoms with Gasteiger partial charge in [0, 0.05) is 18.5 Å². The third kappa shape index (κ3) is 2.91. The molecular weight excluding hydrogens is 276 g/mol. The summed E-state index contributed by atoms with van der Waals surface area (Å²) in [5.74, 6) is -0.394. The molecule has 3 nitrogen and oxygen atoms in total. The molecule has 3 rings (SSSR count). The van der Waals surface area contributed by atoms with Crippen molar-refractivity contribution in [2.75, 3.05) is 18.5 Å². The Morgan fingerprint density at radius 2 is 1.81 bits per heavy atom. The van der Waals surface area contributed by atoms with E-state index in [1.54, 1.807) is 0 Å². The van der Waals surface area contributed by atoms with E-state index >= 15 is 0 Å². The van der Waals surface area contributed by atoms with Crippen LogP contribution in [0.5, 0.6) is 11.5 Å². The number of hydrogen-bond acceptors (Lipinski definition) is 3. The van der Waals surface area contributed by atoms with Crippen LogP contribution in [0.1, 0.15) is 12.0 Å². The molecule has 0 saturated heterocycles. The lowest BCUT2D eigenvalue weighted by molar-refractivity contribution is 0.296. The number of anilines is 1. The summed E-state index contributed by atoms with van der Waals surface area (Å²) in [6, 6.07) is 9.62. The predicted octanol–water partition coefficient (Wildman–Crippen LogP) is 3.74. The van der Waals surface area contributed by atoms with E-state index in [4.69, 9.17) is 9.47 Å². The first-order valence-electron chi connectivity index (χ1n) is 6.81. The number of halogens is 2. The van der Waals surface area contributed by atoms with Crippen LogP contribution in [0.15, 0.2) is 36.4 Å². The molecule has 0 saturated carbocycles. The van der Waals surface area contributed by atoms with Crippen molar-refractivity contribution in [2.24, 2.45) is 0 Å². The largest absolute Gasteiger partial charge is 0.490 e. The number of fused-ring (bicyclic) bond motifs is 1. The maximum Gasteiger partial charge on any atom is 0.181 e. The van der Waals surface area contributed by atoms with Crippen molar-refractivity contribution in [1.82, 2.24) is 0 Å². The second-order valence-electron chi connectivity index (χ2n) is 4.75. The van der Waals surface area contributed by atoms with Gasteiger partial charge in [0.05, 0.1) is 18.9 Å². The fourth-order valence-corrected chi connectivity index (χ4v) is 2.22. The van der Waals surface area contributed by atoms with E-state index < -0.39 is 11.6 Å². The zero-order valence-corrected chi connectivity index (χ0v) is 11.4. The normalized spacial score (nSPS) is 13.6. The van der Waals surface area contributed by atoms with Gasteiger partial charge >= 0.3 is 0 Å². The molecule has 0 spiro atoms. The molecule has 5 heteroatoms. The standard InChI is InChI=1S/C16H15F2NO2/c17-12-5-2-6-13(15(12)18)19-10-11-4-1-7-14-16(11)21-9-3-8-20-14/h1-2,4-7,19H,3,8-10H2. The van der Waals surface area contributed by atoms with Crippen molar-refractivity contribution < 1.29 is 18.3 Å². The number of nitrogens with one attached hydrogen (secondary N) is 1. The summed E-state index contributed by atoms with van der Waals surface area (Å²) < 4.78 is 38.1. The molecule has 2 aromatic carbocycles. The van der Waals surface area contributed by atoms with Gasteiger partial charge in [0.2, 0.25) is 0 Å². The van der Waals surface area contributed by atoms with E-state index in [1.807, 2.05) is 18.2 Å². The van der Waals surface area contributed by atoms with Gasteiger partial charge in [-0.15, -0.1) is 0 Å². The van der Waals surface area contributed by atoms with E-state index in [9.17, 15) is 8.78 Å². The Labute approximate surface area is 121 Å². The average Bonchev–Trinajstić information content (AvgIpc) is 2.74. The van der Waals surface area contributed by atoms with Crippen LogP contribution in [0.3, 0.4) is 0 Å². The lowest BCUT2D eigenvalue weighted by Crippen LogP contribution is -2.05. The zero-order valence-electron chi connectivity index (χ0n) is 11.4. The Morgan fingerprint density at radius 1 is 1.00 bits per heavy atom. The van der Waals surface area contributed by atoms with Gasteiger partial charge in [0.1, 0.15) is 0 Å². The number of ether oxygens (including phenoxy) is 2. The molecule has 0 radical (unpaired) electrons. The number of rotatable bonds is 3. The van der Waals surface area contributed by atoms with Crippen LogP contribution in [-0.2, 0) is 6.54 Å². The monoisotopic (exact) mass is 291 g/mol. The lowest BCUT2D eigenvalue weighted by atomic mass is 10.1. The highest BCUT2D eigenvalue weighted by molar-refractivity contribution is 5.51. The Balaban J connectivity index is 1.81. The third-order valence-corrected chi connectivity index (χ3v) is 3.27. The van der Waals surface area contributed by atoms with E-state index in [0.29, 0.717) is 31.3 Å². The van der Waals surface area contributed by atoms with Gasteiger partial charge < -0.3 is 14.8 Å². The first-order valence-corrected chi connectivity index (χ1v) is 6.81. The lowest BCUT2D eigenvalue weighted by Gasteiger charge is -2.14. The molecule has 1 N–H and O–H groups in total. The minimum absolute atomic E-state index is 0.127. The van der Waals surface area contributed by atoms with Crippen molar-refractivity contribution in [3.05, 3.63) is 53.6 Å². The van der Waals surface area contributed by atoms with Crippen molar-refractivity contribution in [2.45, 2.75) is 13.0 Å². The minimum atomic E-state index is -0.878. The van der Waals surface area contributed by atoms with Gasteiger partial charge in [0.25, 0.3) is 0 Å². The summed E-state index contributed by atoms with van der Waals surface area (Å²) in [6.07, 6.45) is 0.820.